The summed E-state index contributed by atoms with van der Waals surface area (Å²) < 4.78 is 11.3. The Kier molecular flexibility index (Phi) is 6.02. The highest BCUT2D eigenvalue weighted by atomic mass is 79.9. The molecule has 1 amide bonds. The number of ether oxygens (including phenoxy) is 2. The molecule has 21 heavy (non-hydrogen) atoms. The van der Waals surface area contributed by atoms with Gasteiger partial charge in [-0.05, 0) is 52.4 Å². The van der Waals surface area contributed by atoms with E-state index in [1.807, 2.05) is 18.2 Å². The highest BCUT2D eigenvalue weighted by molar-refractivity contribution is 9.10. The lowest BCUT2D eigenvalue weighted by Gasteiger charge is -2.26. The standard InChI is InChI=1S/C15H21BrN2O3/c1-20-13-3-2-10(8-12(13)16)9-18-15(19)14(17)11-4-6-21-7-5-11/h2-3,8,11,14H,4-7,9,17H2,1H3,(H,18,19). The normalized spacial score (nSPS) is 17.3. The Hall–Kier alpha value is -1.11. The maximum atomic E-state index is 12.1. The highest BCUT2D eigenvalue weighted by Crippen LogP contribution is 2.25. The van der Waals surface area contributed by atoms with E-state index in [4.69, 9.17) is 15.2 Å². The number of hydrogen-bond acceptors (Lipinski definition) is 4. The van der Waals surface area contributed by atoms with Gasteiger partial charge in [-0.1, -0.05) is 6.07 Å². The van der Waals surface area contributed by atoms with Crippen molar-refractivity contribution in [2.75, 3.05) is 20.3 Å². The fourth-order valence-corrected chi connectivity index (χ4v) is 3.00. The molecule has 0 aliphatic carbocycles. The molecule has 1 aromatic rings. The van der Waals surface area contributed by atoms with Crippen molar-refractivity contribution in [1.82, 2.24) is 5.32 Å². The number of benzene rings is 1. The number of carbonyl (C=O) groups is 1. The zero-order valence-corrected chi connectivity index (χ0v) is 13.7. The minimum absolute atomic E-state index is 0.103. The van der Waals surface area contributed by atoms with Gasteiger partial charge in [-0.25, -0.2) is 0 Å². The molecule has 1 saturated heterocycles. The van der Waals surface area contributed by atoms with Gasteiger partial charge < -0.3 is 20.5 Å². The summed E-state index contributed by atoms with van der Waals surface area (Å²) in [4.78, 5) is 12.1. The van der Waals surface area contributed by atoms with Crippen molar-refractivity contribution in [3.05, 3.63) is 28.2 Å². The fourth-order valence-electron chi connectivity index (χ4n) is 2.42. The molecule has 2 rings (SSSR count). The van der Waals surface area contributed by atoms with Gasteiger partial charge >= 0.3 is 0 Å². The van der Waals surface area contributed by atoms with Gasteiger partial charge in [0.2, 0.25) is 5.91 Å². The van der Waals surface area contributed by atoms with Gasteiger partial charge in [-0.3, -0.25) is 4.79 Å². The van der Waals surface area contributed by atoms with E-state index < -0.39 is 6.04 Å². The van der Waals surface area contributed by atoms with Crippen LogP contribution in [0, 0.1) is 5.92 Å². The third-order valence-electron chi connectivity index (χ3n) is 3.76. The number of nitrogens with two attached hydrogens (primary N) is 1. The zero-order valence-electron chi connectivity index (χ0n) is 12.1. The molecule has 0 radical (unpaired) electrons. The molecule has 0 spiro atoms. The maximum Gasteiger partial charge on any atom is 0.237 e. The molecule has 1 heterocycles. The molecule has 116 valence electrons. The summed E-state index contributed by atoms with van der Waals surface area (Å²) in [5.74, 6) is 0.874. The van der Waals surface area contributed by atoms with Crippen LogP contribution in [0.1, 0.15) is 18.4 Å². The van der Waals surface area contributed by atoms with E-state index in [-0.39, 0.29) is 11.8 Å². The van der Waals surface area contributed by atoms with Gasteiger partial charge in [0.15, 0.2) is 0 Å². The number of methoxy groups -OCH3 is 1. The molecule has 0 saturated carbocycles. The van der Waals surface area contributed by atoms with Crippen LogP contribution >= 0.6 is 15.9 Å². The minimum Gasteiger partial charge on any atom is -0.496 e. The Balaban J connectivity index is 1.86. The lowest BCUT2D eigenvalue weighted by atomic mass is 9.92. The van der Waals surface area contributed by atoms with Crippen LogP contribution in [0.5, 0.6) is 5.75 Å². The largest absolute Gasteiger partial charge is 0.496 e. The first-order chi connectivity index (χ1) is 10.1. The van der Waals surface area contributed by atoms with Crippen molar-refractivity contribution in [3.63, 3.8) is 0 Å². The first-order valence-electron chi connectivity index (χ1n) is 7.05. The number of nitrogens with one attached hydrogen (secondary N) is 1. The van der Waals surface area contributed by atoms with Crippen LogP contribution in [0.15, 0.2) is 22.7 Å². The lowest BCUT2D eigenvalue weighted by Crippen LogP contribution is -2.46. The van der Waals surface area contributed by atoms with E-state index >= 15 is 0 Å². The second-order valence-electron chi connectivity index (χ2n) is 5.16. The van der Waals surface area contributed by atoms with Crippen molar-refractivity contribution in [1.29, 1.82) is 0 Å². The van der Waals surface area contributed by atoms with Gasteiger partial charge in [0.1, 0.15) is 5.75 Å². The SMILES string of the molecule is COc1ccc(CNC(=O)C(N)C2CCOCC2)cc1Br. The molecule has 0 aromatic heterocycles. The molecule has 3 N–H and O–H groups in total. The van der Waals surface area contributed by atoms with E-state index in [2.05, 4.69) is 21.2 Å². The third kappa shape index (κ3) is 4.43. The summed E-state index contributed by atoms with van der Waals surface area (Å²) in [5.41, 5.74) is 7.03. The summed E-state index contributed by atoms with van der Waals surface area (Å²) in [7, 11) is 1.62. The van der Waals surface area contributed by atoms with Crippen molar-refractivity contribution < 1.29 is 14.3 Å². The van der Waals surface area contributed by atoms with E-state index in [1.165, 1.54) is 0 Å². The summed E-state index contributed by atoms with van der Waals surface area (Å²) in [6.07, 6.45) is 1.70. The predicted molar refractivity (Wildman–Crippen MR) is 84.1 cm³/mol. The number of amides is 1. The van der Waals surface area contributed by atoms with Gasteiger partial charge in [0, 0.05) is 19.8 Å². The smallest absolute Gasteiger partial charge is 0.237 e. The Morgan fingerprint density at radius 1 is 1.52 bits per heavy atom. The Morgan fingerprint density at radius 2 is 2.24 bits per heavy atom. The monoisotopic (exact) mass is 356 g/mol. The van der Waals surface area contributed by atoms with Gasteiger partial charge in [0.25, 0.3) is 0 Å². The maximum absolute atomic E-state index is 12.1. The third-order valence-corrected chi connectivity index (χ3v) is 4.38. The zero-order chi connectivity index (χ0) is 15.2. The van der Waals surface area contributed by atoms with Crippen molar-refractivity contribution in [2.24, 2.45) is 11.7 Å². The minimum atomic E-state index is -0.462. The second-order valence-corrected chi connectivity index (χ2v) is 6.02. The summed E-state index contributed by atoms with van der Waals surface area (Å²) in [6.45, 7) is 1.84. The molecule has 1 aromatic carbocycles. The Morgan fingerprint density at radius 3 is 2.86 bits per heavy atom. The number of halogens is 1. The molecule has 1 aliphatic rings. The Labute approximate surface area is 133 Å². The van der Waals surface area contributed by atoms with Crippen molar-refractivity contribution in [3.8, 4) is 5.75 Å². The number of rotatable bonds is 5. The van der Waals surface area contributed by atoms with Crippen molar-refractivity contribution in [2.45, 2.75) is 25.4 Å². The number of carbonyl (C=O) groups excluding carboxylic acids is 1. The van der Waals surface area contributed by atoms with Gasteiger partial charge in [0.05, 0.1) is 17.6 Å². The van der Waals surface area contributed by atoms with Gasteiger partial charge in [-0.15, -0.1) is 0 Å². The average Bonchev–Trinajstić information content (AvgIpc) is 2.52. The topological polar surface area (TPSA) is 73.6 Å². The molecule has 0 bridgehead atoms. The first kappa shape index (κ1) is 16.3. The molecule has 6 heteroatoms. The van der Waals surface area contributed by atoms with E-state index in [0.717, 1.165) is 28.6 Å². The summed E-state index contributed by atoms with van der Waals surface area (Å²) in [6, 6.07) is 5.25. The van der Waals surface area contributed by atoms with E-state index in [9.17, 15) is 4.79 Å². The van der Waals surface area contributed by atoms with Crippen molar-refractivity contribution >= 4 is 21.8 Å². The fraction of sp³-hybridized carbons (Fsp3) is 0.533. The summed E-state index contributed by atoms with van der Waals surface area (Å²) >= 11 is 3.43. The number of hydrogen-bond donors (Lipinski definition) is 2. The van der Waals surface area contributed by atoms with E-state index in [1.54, 1.807) is 7.11 Å². The van der Waals surface area contributed by atoms with Gasteiger partial charge in [-0.2, -0.15) is 0 Å². The molecular weight excluding hydrogens is 336 g/mol. The quantitative estimate of drug-likeness (QED) is 0.843. The van der Waals surface area contributed by atoms with Crippen LogP contribution in [0.3, 0.4) is 0 Å². The van der Waals surface area contributed by atoms with Crippen LogP contribution in [-0.4, -0.2) is 32.3 Å². The molecule has 1 aliphatic heterocycles. The predicted octanol–water partition coefficient (Wildman–Crippen LogP) is 1.83. The van der Waals surface area contributed by atoms with E-state index in [0.29, 0.717) is 19.8 Å². The van der Waals surface area contributed by atoms with Crippen LogP contribution in [0.2, 0.25) is 0 Å². The Bertz CT molecular complexity index is 490. The highest BCUT2D eigenvalue weighted by Gasteiger charge is 2.26. The molecular formula is C15H21BrN2O3. The van der Waals surface area contributed by atoms with Crippen LogP contribution < -0.4 is 15.8 Å². The summed E-state index contributed by atoms with van der Waals surface area (Å²) in [5, 5.41) is 2.89. The van der Waals surface area contributed by atoms with Crippen LogP contribution in [0.4, 0.5) is 0 Å². The second kappa shape index (κ2) is 7.77. The molecule has 1 unspecified atom stereocenters. The average molecular weight is 357 g/mol. The molecule has 1 atom stereocenters. The van der Waals surface area contributed by atoms with Crippen LogP contribution in [0.25, 0.3) is 0 Å². The first-order valence-corrected chi connectivity index (χ1v) is 7.84. The lowest BCUT2D eigenvalue weighted by molar-refractivity contribution is -0.124. The molecule has 1 fully saturated rings. The van der Waals surface area contributed by atoms with Crippen LogP contribution in [-0.2, 0) is 16.1 Å². The molecule has 5 nitrogen and oxygen atoms in total.